The summed E-state index contributed by atoms with van der Waals surface area (Å²) in [6.07, 6.45) is 0. The molecule has 0 radical (unpaired) electrons. The maximum absolute atomic E-state index is 13.6. The van der Waals surface area contributed by atoms with E-state index >= 15 is 0 Å². The second-order valence-electron chi connectivity index (χ2n) is 4.72. The number of halogens is 2. The Morgan fingerprint density at radius 1 is 1.45 bits per heavy atom. The van der Waals surface area contributed by atoms with E-state index in [0.717, 1.165) is 6.07 Å². The van der Waals surface area contributed by atoms with E-state index in [-0.39, 0.29) is 18.5 Å². The summed E-state index contributed by atoms with van der Waals surface area (Å²) in [5, 5.41) is 15.4. The van der Waals surface area contributed by atoms with Crippen molar-refractivity contribution in [1.82, 2.24) is 0 Å². The minimum absolute atomic E-state index is 0.0702. The van der Waals surface area contributed by atoms with Crippen LogP contribution >= 0.6 is 11.3 Å². The summed E-state index contributed by atoms with van der Waals surface area (Å²) >= 11 is 1.27. The molecule has 1 aromatic heterocycles. The zero-order valence-electron chi connectivity index (χ0n) is 11.8. The van der Waals surface area contributed by atoms with Gasteiger partial charge in [-0.3, -0.25) is 4.79 Å². The quantitative estimate of drug-likeness (QED) is 0.886. The third-order valence-electron chi connectivity index (χ3n) is 3.15. The molecule has 1 heterocycles. The molecule has 1 amide bonds. The Balaban J connectivity index is 1.92. The fourth-order valence-corrected chi connectivity index (χ4v) is 2.71. The van der Waals surface area contributed by atoms with Crippen molar-refractivity contribution < 1.29 is 18.9 Å². The Morgan fingerprint density at radius 2 is 2.23 bits per heavy atom. The minimum atomic E-state index is -0.632. The van der Waals surface area contributed by atoms with Gasteiger partial charge in [-0.15, -0.1) is 11.3 Å². The van der Waals surface area contributed by atoms with E-state index in [4.69, 9.17) is 5.26 Å². The van der Waals surface area contributed by atoms with Gasteiger partial charge in [0.05, 0.1) is 5.56 Å². The third-order valence-corrected chi connectivity index (χ3v) is 3.98. The first-order valence-corrected chi connectivity index (χ1v) is 7.45. The number of nitrogens with zero attached hydrogens (tertiary/aromatic N) is 1. The highest BCUT2D eigenvalue weighted by atomic mass is 32.1. The van der Waals surface area contributed by atoms with Crippen LogP contribution in [0.5, 0.6) is 0 Å². The number of hydrogen-bond acceptors (Lipinski definition) is 3. The number of quaternary nitrogens is 1. The lowest BCUT2D eigenvalue weighted by Crippen LogP contribution is -2.86. The Bertz CT molecular complexity index is 724. The van der Waals surface area contributed by atoms with Crippen LogP contribution < -0.4 is 10.6 Å². The first-order chi connectivity index (χ1) is 10.5. The highest BCUT2D eigenvalue weighted by Crippen LogP contribution is 2.21. The molecule has 3 N–H and O–H groups in total. The number of anilines is 1. The molecule has 0 aliphatic rings. The van der Waals surface area contributed by atoms with E-state index in [1.165, 1.54) is 23.5 Å². The van der Waals surface area contributed by atoms with Gasteiger partial charge in [0.15, 0.2) is 6.54 Å². The average Bonchev–Trinajstić information content (AvgIpc) is 2.92. The SMILES string of the molecule is C[C@H]([NH2+]CC(=O)Nc1sccc1C#N)c1ccc(F)cc1F. The number of nitrogens with two attached hydrogens (primary N) is 1. The first-order valence-electron chi connectivity index (χ1n) is 6.57. The average molecular weight is 322 g/mol. The molecule has 0 fully saturated rings. The lowest BCUT2D eigenvalue weighted by molar-refractivity contribution is -0.682. The van der Waals surface area contributed by atoms with Gasteiger partial charge >= 0.3 is 0 Å². The van der Waals surface area contributed by atoms with Crippen LogP contribution in [0.2, 0.25) is 0 Å². The van der Waals surface area contributed by atoms with E-state index in [1.54, 1.807) is 23.7 Å². The number of nitrogens with one attached hydrogen (secondary N) is 1. The molecule has 2 aromatic rings. The highest BCUT2D eigenvalue weighted by molar-refractivity contribution is 7.14. The molecule has 0 aliphatic carbocycles. The van der Waals surface area contributed by atoms with Crippen LogP contribution in [-0.4, -0.2) is 12.5 Å². The van der Waals surface area contributed by atoms with Crippen LogP contribution in [0, 0.1) is 23.0 Å². The van der Waals surface area contributed by atoms with Crippen molar-refractivity contribution >= 4 is 22.2 Å². The molecule has 1 atom stereocenters. The number of nitriles is 1. The second kappa shape index (κ2) is 7.11. The number of carbonyl (C=O) groups is 1. The first kappa shape index (κ1) is 16.1. The normalized spacial score (nSPS) is 11.7. The summed E-state index contributed by atoms with van der Waals surface area (Å²) in [4.78, 5) is 11.9. The van der Waals surface area contributed by atoms with Crippen LogP contribution in [-0.2, 0) is 4.79 Å². The molecule has 7 heteroatoms. The smallest absolute Gasteiger partial charge is 0.280 e. The monoisotopic (exact) mass is 322 g/mol. The van der Waals surface area contributed by atoms with Crippen molar-refractivity contribution in [1.29, 1.82) is 5.26 Å². The van der Waals surface area contributed by atoms with Crippen molar-refractivity contribution in [2.45, 2.75) is 13.0 Å². The molecule has 114 valence electrons. The molecule has 4 nitrogen and oxygen atoms in total. The van der Waals surface area contributed by atoms with E-state index in [1.807, 2.05) is 6.07 Å². The lowest BCUT2D eigenvalue weighted by Gasteiger charge is -2.11. The summed E-state index contributed by atoms with van der Waals surface area (Å²) in [7, 11) is 0. The molecule has 0 bridgehead atoms. The van der Waals surface area contributed by atoms with E-state index in [9.17, 15) is 13.6 Å². The molecule has 0 unspecified atom stereocenters. The van der Waals surface area contributed by atoms with Crippen molar-refractivity contribution in [3.05, 3.63) is 52.4 Å². The standard InChI is InChI=1S/C15H13F2N3OS/c1-9(12-3-2-11(16)6-13(12)17)19-8-14(21)20-15-10(7-18)4-5-22-15/h2-6,9,19H,8H2,1H3,(H,20,21)/p+1/t9-/m0/s1. The van der Waals surface area contributed by atoms with Crippen molar-refractivity contribution in [2.75, 3.05) is 11.9 Å². The fraction of sp³-hybridized carbons (Fsp3) is 0.200. The van der Waals surface area contributed by atoms with E-state index in [0.29, 0.717) is 16.1 Å². The number of benzene rings is 1. The van der Waals surface area contributed by atoms with Crippen molar-refractivity contribution in [3.8, 4) is 6.07 Å². The molecule has 22 heavy (non-hydrogen) atoms. The second-order valence-corrected chi connectivity index (χ2v) is 5.63. The summed E-state index contributed by atoms with van der Waals surface area (Å²) in [5.41, 5.74) is 0.749. The predicted octanol–water partition coefficient (Wildman–Crippen LogP) is 2.16. The van der Waals surface area contributed by atoms with Crippen molar-refractivity contribution in [3.63, 3.8) is 0 Å². The Kier molecular flexibility index (Phi) is 5.20. The Morgan fingerprint density at radius 3 is 2.91 bits per heavy atom. The van der Waals surface area contributed by atoms with E-state index < -0.39 is 11.6 Å². The third kappa shape index (κ3) is 3.87. The number of hydrogen-bond donors (Lipinski definition) is 2. The summed E-state index contributed by atoms with van der Waals surface area (Å²) in [6.45, 7) is 1.80. The molecule has 0 saturated heterocycles. The maximum Gasteiger partial charge on any atom is 0.280 e. The largest absolute Gasteiger partial charge is 0.332 e. The molecule has 0 spiro atoms. The Hall–Kier alpha value is -2.30. The van der Waals surface area contributed by atoms with E-state index in [2.05, 4.69) is 5.32 Å². The van der Waals surface area contributed by atoms with Crippen LogP contribution in [0.3, 0.4) is 0 Å². The predicted molar refractivity (Wildman–Crippen MR) is 79.2 cm³/mol. The van der Waals surface area contributed by atoms with Gasteiger partial charge in [0, 0.05) is 11.6 Å². The summed E-state index contributed by atoms with van der Waals surface area (Å²) < 4.78 is 26.5. The number of carbonyl (C=O) groups excluding carboxylic acids is 1. The van der Waals surface area contributed by atoms with Gasteiger partial charge in [0.25, 0.3) is 5.91 Å². The summed E-state index contributed by atoms with van der Waals surface area (Å²) in [5.74, 6) is -1.55. The van der Waals surface area contributed by atoms with Crippen LogP contribution in [0.1, 0.15) is 24.1 Å². The number of thiophene rings is 1. The summed E-state index contributed by atoms with van der Waals surface area (Å²) in [6, 6.07) is 6.67. The van der Waals surface area contributed by atoms with Gasteiger partial charge in [-0.1, -0.05) is 0 Å². The molecular weight excluding hydrogens is 308 g/mol. The molecular formula is C15H14F2N3OS+. The molecule has 1 aromatic carbocycles. The zero-order valence-corrected chi connectivity index (χ0v) is 12.6. The fourth-order valence-electron chi connectivity index (χ4n) is 1.95. The number of amides is 1. The zero-order chi connectivity index (χ0) is 16.1. The van der Waals surface area contributed by atoms with Gasteiger partial charge in [0.2, 0.25) is 0 Å². The van der Waals surface area contributed by atoms with Gasteiger partial charge in [0.1, 0.15) is 28.7 Å². The van der Waals surface area contributed by atoms with Crippen LogP contribution in [0.4, 0.5) is 13.8 Å². The van der Waals surface area contributed by atoms with Crippen LogP contribution in [0.15, 0.2) is 29.6 Å². The van der Waals surface area contributed by atoms with Gasteiger partial charge in [-0.2, -0.15) is 5.26 Å². The maximum atomic E-state index is 13.6. The van der Waals surface area contributed by atoms with Gasteiger partial charge < -0.3 is 10.6 Å². The molecule has 2 rings (SSSR count). The topological polar surface area (TPSA) is 69.5 Å². The van der Waals surface area contributed by atoms with Gasteiger partial charge in [-0.05, 0) is 30.5 Å². The van der Waals surface area contributed by atoms with Gasteiger partial charge in [-0.25, -0.2) is 8.78 Å². The van der Waals surface area contributed by atoms with Crippen molar-refractivity contribution in [2.24, 2.45) is 0 Å². The highest BCUT2D eigenvalue weighted by Gasteiger charge is 2.17. The number of rotatable bonds is 5. The van der Waals surface area contributed by atoms with Crippen LogP contribution in [0.25, 0.3) is 0 Å². The Labute approximate surface area is 130 Å². The lowest BCUT2D eigenvalue weighted by atomic mass is 10.1. The molecule has 0 aliphatic heterocycles. The molecule has 0 saturated carbocycles. The minimum Gasteiger partial charge on any atom is -0.332 e.